The maximum absolute atomic E-state index is 10.9. The summed E-state index contributed by atoms with van der Waals surface area (Å²) in [6, 6.07) is 2.71. The fourth-order valence-corrected chi connectivity index (χ4v) is 4.30. The highest BCUT2D eigenvalue weighted by Crippen LogP contribution is 2.42. The number of hydrogen-bond acceptors (Lipinski definition) is 2. The molecule has 0 radical (unpaired) electrons. The Kier molecular flexibility index (Phi) is 3.65. The third-order valence-corrected chi connectivity index (χ3v) is 5.18. The van der Waals surface area contributed by atoms with Gasteiger partial charge in [0.2, 0.25) is 0 Å². The highest BCUT2D eigenvalue weighted by Gasteiger charge is 2.38. The first-order chi connectivity index (χ1) is 9.46. The summed E-state index contributed by atoms with van der Waals surface area (Å²) < 4.78 is 2.14. The summed E-state index contributed by atoms with van der Waals surface area (Å²) in [4.78, 5) is 0. The molecule has 2 aliphatic carbocycles. The van der Waals surface area contributed by atoms with Gasteiger partial charge in [-0.2, -0.15) is 5.10 Å². The van der Waals surface area contributed by atoms with Crippen molar-refractivity contribution in [3.63, 3.8) is 0 Å². The van der Waals surface area contributed by atoms with Crippen LogP contribution in [0.4, 0.5) is 0 Å². The van der Waals surface area contributed by atoms with Crippen LogP contribution < -0.4 is 0 Å². The van der Waals surface area contributed by atoms with E-state index >= 15 is 0 Å². The Hall–Kier alpha value is -0.830. The molecule has 0 aliphatic heterocycles. The van der Waals surface area contributed by atoms with Crippen LogP contribution in [0, 0.1) is 5.41 Å². The van der Waals surface area contributed by atoms with Crippen LogP contribution in [0.25, 0.3) is 0 Å². The van der Waals surface area contributed by atoms with Gasteiger partial charge in [-0.05, 0) is 43.6 Å². The molecular formula is C17H28N2O. The van der Waals surface area contributed by atoms with E-state index in [9.17, 15) is 5.11 Å². The van der Waals surface area contributed by atoms with E-state index in [1.165, 1.54) is 32.1 Å². The largest absolute Gasteiger partial charge is 0.389 e. The third kappa shape index (κ3) is 3.08. The molecule has 3 rings (SSSR count). The molecule has 20 heavy (non-hydrogen) atoms. The van der Waals surface area contributed by atoms with Gasteiger partial charge in [-0.1, -0.05) is 33.1 Å². The Morgan fingerprint density at radius 1 is 1.25 bits per heavy atom. The van der Waals surface area contributed by atoms with Crippen molar-refractivity contribution in [1.82, 2.24) is 9.78 Å². The van der Waals surface area contributed by atoms with Crippen LogP contribution >= 0.6 is 0 Å². The van der Waals surface area contributed by atoms with E-state index in [1.54, 1.807) is 0 Å². The van der Waals surface area contributed by atoms with Crippen molar-refractivity contribution < 1.29 is 5.11 Å². The van der Waals surface area contributed by atoms with E-state index in [1.807, 2.05) is 0 Å². The number of rotatable bonds is 3. The molecule has 3 heteroatoms. The van der Waals surface area contributed by atoms with Crippen molar-refractivity contribution in [2.45, 2.75) is 83.3 Å². The Balaban J connectivity index is 1.67. The second-order valence-corrected chi connectivity index (χ2v) is 7.82. The smallest absolute Gasteiger partial charge is 0.0708 e. The normalized spacial score (nSPS) is 30.8. The van der Waals surface area contributed by atoms with Crippen molar-refractivity contribution in [1.29, 1.82) is 0 Å². The van der Waals surface area contributed by atoms with E-state index < -0.39 is 5.60 Å². The zero-order chi connectivity index (χ0) is 14.2. The molecule has 1 unspecified atom stereocenters. The van der Waals surface area contributed by atoms with Crippen LogP contribution in [0.15, 0.2) is 12.3 Å². The predicted octanol–water partition coefficient (Wildman–Crippen LogP) is 3.87. The Morgan fingerprint density at radius 2 is 2.00 bits per heavy atom. The lowest BCUT2D eigenvalue weighted by Crippen LogP contribution is -2.40. The van der Waals surface area contributed by atoms with E-state index in [2.05, 4.69) is 30.8 Å². The summed E-state index contributed by atoms with van der Waals surface area (Å²) in [6.45, 7) is 4.54. The lowest BCUT2D eigenvalue weighted by atomic mass is 9.68. The van der Waals surface area contributed by atoms with Crippen molar-refractivity contribution in [2.24, 2.45) is 5.41 Å². The molecule has 1 N–H and O–H groups in total. The SMILES string of the molecule is CC1(C)CCCC(O)(Cc2ccn(C3CCCC3)n2)C1. The molecular weight excluding hydrogens is 248 g/mol. The summed E-state index contributed by atoms with van der Waals surface area (Å²) in [5.74, 6) is 0. The van der Waals surface area contributed by atoms with Gasteiger partial charge in [-0.15, -0.1) is 0 Å². The molecule has 2 fully saturated rings. The van der Waals surface area contributed by atoms with Crippen LogP contribution in [0.2, 0.25) is 0 Å². The second kappa shape index (κ2) is 5.18. The van der Waals surface area contributed by atoms with Crippen LogP contribution in [0.1, 0.15) is 76.9 Å². The molecule has 2 saturated carbocycles. The molecule has 3 nitrogen and oxygen atoms in total. The monoisotopic (exact) mass is 276 g/mol. The summed E-state index contributed by atoms with van der Waals surface area (Å²) in [5, 5.41) is 15.6. The number of aliphatic hydroxyl groups is 1. The fraction of sp³-hybridized carbons (Fsp3) is 0.824. The molecule has 0 saturated heterocycles. The maximum atomic E-state index is 10.9. The van der Waals surface area contributed by atoms with E-state index in [-0.39, 0.29) is 5.41 Å². The van der Waals surface area contributed by atoms with Gasteiger partial charge >= 0.3 is 0 Å². The molecule has 112 valence electrons. The highest BCUT2D eigenvalue weighted by atomic mass is 16.3. The molecule has 1 heterocycles. The summed E-state index contributed by atoms with van der Waals surface area (Å²) in [6.07, 6.45) is 12.2. The van der Waals surface area contributed by atoms with Crippen molar-refractivity contribution in [2.75, 3.05) is 0 Å². The predicted molar refractivity (Wildman–Crippen MR) is 80.6 cm³/mol. The highest BCUT2D eigenvalue weighted by molar-refractivity contribution is 5.07. The standard InChI is InChI=1S/C17H28N2O/c1-16(2)9-5-10-17(20,13-16)12-14-8-11-19(18-14)15-6-3-4-7-15/h8,11,15,20H,3-7,9-10,12-13H2,1-2H3. The quantitative estimate of drug-likeness (QED) is 0.910. The fourth-order valence-electron chi connectivity index (χ4n) is 4.30. The minimum atomic E-state index is -0.545. The zero-order valence-electron chi connectivity index (χ0n) is 12.9. The van der Waals surface area contributed by atoms with Gasteiger partial charge in [-0.25, -0.2) is 0 Å². The van der Waals surface area contributed by atoms with Crippen LogP contribution in [-0.2, 0) is 6.42 Å². The van der Waals surface area contributed by atoms with Gasteiger partial charge < -0.3 is 5.11 Å². The lowest BCUT2D eigenvalue weighted by molar-refractivity contribution is -0.0389. The number of nitrogens with zero attached hydrogens (tertiary/aromatic N) is 2. The molecule has 1 aromatic heterocycles. The van der Waals surface area contributed by atoms with Crippen LogP contribution in [0.3, 0.4) is 0 Å². The van der Waals surface area contributed by atoms with Crippen molar-refractivity contribution in [3.8, 4) is 0 Å². The number of aromatic nitrogens is 2. The molecule has 0 aromatic carbocycles. The third-order valence-electron chi connectivity index (χ3n) is 5.18. The molecule has 0 bridgehead atoms. The van der Waals surface area contributed by atoms with Crippen LogP contribution in [-0.4, -0.2) is 20.5 Å². The summed E-state index contributed by atoms with van der Waals surface area (Å²) in [7, 11) is 0. The average Bonchev–Trinajstić information content (AvgIpc) is 2.95. The van der Waals surface area contributed by atoms with E-state index in [0.29, 0.717) is 6.04 Å². The first kappa shape index (κ1) is 14.1. The van der Waals surface area contributed by atoms with Gasteiger partial charge in [-0.3, -0.25) is 4.68 Å². The molecule has 2 aliphatic rings. The first-order valence-electron chi connectivity index (χ1n) is 8.22. The first-order valence-corrected chi connectivity index (χ1v) is 8.22. The average molecular weight is 276 g/mol. The van der Waals surface area contributed by atoms with E-state index in [4.69, 9.17) is 5.10 Å². The lowest BCUT2D eigenvalue weighted by Gasteiger charge is -2.41. The van der Waals surface area contributed by atoms with Gasteiger partial charge in [0.15, 0.2) is 0 Å². The van der Waals surface area contributed by atoms with Crippen molar-refractivity contribution in [3.05, 3.63) is 18.0 Å². The van der Waals surface area contributed by atoms with E-state index in [0.717, 1.165) is 31.4 Å². The molecule has 1 aromatic rings. The summed E-state index contributed by atoms with van der Waals surface area (Å²) >= 11 is 0. The van der Waals surface area contributed by atoms with Gasteiger partial charge in [0, 0.05) is 12.6 Å². The Labute approximate surface area is 122 Å². The molecule has 0 spiro atoms. The Morgan fingerprint density at radius 3 is 2.70 bits per heavy atom. The minimum absolute atomic E-state index is 0.265. The molecule has 1 atom stereocenters. The van der Waals surface area contributed by atoms with Gasteiger partial charge in [0.25, 0.3) is 0 Å². The van der Waals surface area contributed by atoms with Crippen LogP contribution in [0.5, 0.6) is 0 Å². The van der Waals surface area contributed by atoms with Crippen molar-refractivity contribution >= 4 is 0 Å². The minimum Gasteiger partial charge on any atom is -0.389 e. The topological polar surface area (TPSA) is 38.0 Å². The van der Waals surface area contributed by atoms with Gasteiger partial charge in [0.1, 0.15) is 0 Å². The molecule has 0 amide bonds. The Bertz CT molecular complexity index is 459. The summed E-state index contributed by atoms with van der Waals surface area (Å²) in [5.41, 5.74) is 0.787. The zero-order valence-corrected chi connectivity index (χ0v) is 12.9. The maximum Gasteiger partial charge on any atom is 0.0708 e. The second-order valence-electron chi connectivity index (χ2n) is 7.82. The van der Waals surface area contributed by atoms with Gasteiger partial charge in [0.05, 0.1) is 17.3 Å². The number of hydrogen-bond donors (Lipinski definition) is 1.